The van der Waals surface area contributed by atoms with E-state index >= 15 is 0 Å². The molecule has 2 aromatic carbocycles. The molecule has 0 spiro atoms. The quantitative estimate of drug-likeness (QED) is 0.116. The third kappa shape index (κ3) is 14.3. The van der Waals surface area contributed by atoms with Crippen LogP contribution >= 0.6 is 45.9 Å². The van der Waals surface area contributed by atoms with Crippen molar-refractivity contribution < 1.29 is 58.2 Å². The van der Waals surface area contributed by atoms with Gasteiger partial charge in [0.2, 0.25) is 0 Å². The third-order valence-electron chi connectivity index (χ3n) is 11.7. The number of nitrogens with zero attached hydrogens (tertiary/aromatic N) is 6. The lowest BCUT2D eigenvalue weighted by Crippen LogP contribution is -2.43. The molecule has 2 saturated heterocycles. The number of amides is 2. The summed E-state index contributed by atoms with van der Waals surface area (Å²) in [6, 6.07) is 8.99. The maximum absolute atomic E-state index is 12.7. The van der Waals surface area contributed by atoms with E-state index in [0.717, 1.165) is 49.2 Å². The van der Waals surface area contributed by atoms with Crippen molar-refractivity contribution in [3.8, 4) is 38.7 Å². The van der Waals surface area contributed by atoms with Crippen LogP contribution in [0.4, 0.5) is 9.59 Å². The number of carboxylic acid groups (broad SMARTS) is 2. The Bertz CT molecular complexity index is 3060. The first kappa shape index (κ1) is 58.2. The second-order valence-corrected chi connectivity index (χ2v) is 23.1. The molecule has 8 rings (SSSR count). The molecular weight excluding hydrogens is 1050 g/mol. The number of carbonyl (C=O) groups is 4. The second-order valence-electron chi connectivity index (χ2n) is 20.6. The summed E-state index contributed by atoms with van der Waals surface area (Å²) in [5, 5.41) is 36.3. The van der Waals surface area contributed by atoms with Crippen molar-refractivity contribution in [2.45, 2.75) is 136 Å². The van der Waals surface area contributed by atoms with Crippen molar-refractivity contribution in [2.24, 2.45) is 0 Å². The van der Waals surface area contributed by atoms with Gasteiger partial charge in [-0.25, -0.2) is 39.1 Å². The van der Waals surface area contributed by atoms with E-state index in [1.807, 2.05) is 30.5 Å². The Morgan fingerprint density at radius 3 is 1.64 bits per heavy atom. The molecule has 0 aliphatic carbocycles. The number of carboxylic acids is 2. The van der Waals surface area contributed by atoms with Crippen LogP contribution in [0.1, 0.15) is 111 Å². The molecule has 3 N–H and O–H groups in total. The number of aryl methyl sites for hydroxylation is 1. The molecule has 2 aliphatic heterocycles. The summed E-state index contributed by atoms with van der Waals surface area (Å²) in [5.74, 6) is 0.172. The van der Waals surface area contributed by atoms with Gasteiger partial charge in [0, 0.05) is 46.0 Å². The standard InChI is InChI=1S/C26H30ClN3O6S.C17H17ClN2OS.C10H17NO5/c1-13(2)17-12-37-23(29-17)16-10-20(15-7-8-19(34-6)21(27)22(15)28-16)35-14-9-18(24(31)32)30(11-14)25(33)36-26(3,4)5;1-9(2)14-8-22-17(20-14)13-7-12(18)11-5-6-15(21-4)10(3)16(11)19-13;1-10(2,3)16-9(15)11-5-6(12)4-7(11)8(13)14/h7-8,10,12-14,18H,9,11H2,1-6H3,(H,31,32);5-9H,1-4H3;6-7,12H,4-5H2,1-3H3,(H,13,14)/t14-,18+;;6-,7-/m1.0/s1. The number of fused-ring (bicyclic) bond motifs is 2. The van der Waals surface area contributed by atoms with Gasteiger partial charge in [-0.2, -0.15) is 0 Å². The molecule has 0 radical (unpaired) electrons. The Morgan fingerprint density at radius 2 is 1.15 bits per heavy atom. The van der Waals surface area contributed by atoms with Crippen LogP contribution in [0.5, 0.6) is 17.2 Å². The summed E-state index contributed by atoms with van der Waals surface area (Å²) < 4.78 is 27.6. The number of benzene rings is 2. The van der Waals surface area contributed by atoms with E-state index < -0.39 is 59.6 Å². The lowest BCUT2D eigenvalue weighted by Gasteiger charge is -2.26. The van der Waals surface area contributed by atoms with Gasteiger partial charge in [0.25, 0.3) is 0 Å². The van der Waals surface area contributed by atoms with E-state index in [-0.39, 0.29) is 31.8 Å². The van der Waals surface area contributed by atoms with Crippen molar-refractivity contribution in [1.29, 1.82) is 0 Å². The minimum Gasteiger partial charge on any atom is -0.496 e. The summed E-state index contributed by atoms with van der Waals surface area (Å²) in [7, 11) is 3.19. The third-order valence-corrected chi connectivity index (χ3v) is 14.2. The number of thiazole rings is 2. The van der Waals surface area contributed by atoms with Gasteiger partial charge in [-0.3, -0.25) is 9.80 Å². The van der Waals surface area contributed by atoms with E-state index in [4.69, 9.17) is 66.9 Å². The number of hydrogen-bond donors (Lipinski definition) is 3. The highest BCUT2D eigenvalue weighted by atomic mass is 35.5. The predicted octanol–water partition coefficient (Wildman–Crippen LogP) is 11.9. The summed E-state index contributed by atoms with van der Waals surface area (Å²) in [4.78, 5) is 68.4. The van der Waals surface area contributed by atoms with Gasteiger partial charge < -0.3 is 39.0 Å². The van der Waals surface area contributed by atoms with E-state index in [1.165, 1.54) is 23.3 Å². The van der Waals surface area contributed by atoms with Crippen LogP contribution in [0.25, 0.3) is 43.2 Å². The van der Waals surface area contributed by atoms with Crippen LogP contribution in [0.15, 0.2) is 47.2 Å². The molecule has 4 aromatic heterocycles. The maximum Gasteiger partial charge on any atom is 0.411 e. The number of likely N-dealkylation sites (tertiary alicyclic amines) is 2. The molecular formula is C53H64Cl2N6O12S2. The highest BCUT2D eigenvalue weighted by Gasteiger charge is 2.43. The fourth-order valence-corrected chi connectivity index (χ4v) is 10.4. The number of aliphatic hydroxyl groups excluding tert-OH is 1. The fraction of sp³-hybridized carbons (Fsp3) is 0.472. The van der Waals surface area contributed by atoms with Crippen LogP contribution in [0.2, 0.25) is 10.0 Å². The zero-order valence-electron chi connectivity index (χ0n) is 44.2. The number of β-amino-alcohol motifs (C(OH)–C–C–N with tert-alkyl or cyclic N) is 1. The Morgan fingerprint density at radius 1 is 0.667 bits per heavy atom. The first-order chi connectivity index (χ1) is 35.1. The largest absolute Gasteiger partial charge is 0.496 e. The van der Waals surface area contributed by atoms with E-state index in [9.17, 15) is 29.4 Å². The molecule has 404 valence electrons. The Kier molecular flexibility index (Phi) is 18.5. The van der Waals surface area contributed by atoms with Gasteiger partial charge in [-0.15, -0.1) is 22.7 Å². The molecule has 18 nitrogen and oxygen atoms in total. The van der Waals surface area contributed by atoms with E-state index in [1.54, 1.807) is 78.2 Å². The van der Waals surface area contributed by atoms with Crippen LogP contribution in [-0.4, -0.2) is 132 Å². The second kappa shape index (κ2) is 23.9. The van der Waals surface area contributed by atoms with Crippen molar-refractivity contribution >= 4 is 91.8 Å². The number of aliphatic carboxylic acids is 2. The van der Waals surface area contributed by atoms with Crippen molar-refractivity contribution in [3.63, 3.8) is 0 Å². The molecule has 6 aromatic rings. The monoisotopic (exact) mass is 1110 g/mol. The number of halogens is 2. The molecule has 2 amide bonds. The number of methoxy groups -OCH3 is 2. The number of pyridine rings is 2. The summed E-state index contributed by atoms with van der Waals surface area (Å²) >= 11 is 16.1. The topological polar surface area (TPSA) is 233 Å². The van der Waals surface area contributed by atoms with Crippen LogP contribution in [-0.2, 0) is 19.1 Å². The number of aliphatic hydroxyl groups is 1. The first-order valence-corrected chi connectivity index (χ1v) is 26.6. The van der Waals surface area contributed by atoms with Crippen molar-refractivity contribution in [3.05, 3.63) is 74.2 Å². The predicted molar refractivity (Wildman–Crippen MR) is 290 cm³/mol. The average Bonchev–Trinajstić information content (AvgIpc) is 4.16. The van der Waals surface area contributed by atoms with E-state index in [0.29, 0.717) is 49.1 Å². The lowest BCUT2D eigenvalue weighted by molar-refractivity contribution is -0.142. The molecule has 2 aliphatic rings. The van der Waals surface area contributed by atoms with Crippen molar-refractivity contribution in [2.75, 3.05) is 27.3 Å². The summed E-state index contributed by atoms with van der Waals surface area (Å²) in [5.41, 5.74) is 4.33. The molecule has 2 fully saturated rings. The Hall–Kier alpha value is -6.06. The molecule has 6 heterocycles. The molecule has 0 saturated carbocycles. The number of rotatable bonds is 10. The van der Waals surface area contributed by atoms with Gasteiger partial charge in [0.15, 0.2) is 0 Å². The van der Waals surface area contributed by atoms with Gasteiger partial charge in [-0.1, -0.05) is 50.9 Å². The van der Waals surface area contributed by atoms with Crippen LogP contribution < -0.4 is 14.2 Å². The Labute approximate surface area is 453 Å². The summed E-state index contributed by atoms with van der Waals surface area (Å²) in [6.45, 7) is 20.8. The summed E-state index contributed by atoms with van der Waals surface area (Å²) in [6.07, 6.45) is -2.62. The SMILES string of the molecule is CC(C)(C)OC(=O)N1C[C@@H](O)C[C@H]1C(=O)O.COc1ccc2c(Cl)cc(-c3nc(C(C)C)cs3)nc2c1C.COc1ccc2c(O[C@@H]3C[C@@H](C(=O)O)N(C(=O)OC(C)(C)C)C3)cc(-c3nc(C(C)C)cs3)nc2c1Cl. The average molecular weight is 1110 g/mol. The molecule has 4 atom stereocenters. The van der Waals surface area contributed by atoms with E-state index in [2.05, 4.69) is 38.1 Å². The number of ether oxygens (including phenoxy) is 5. The zero-order chi connectivity index (χ0) is 55.4. The van der Waals surface area contributed by atoms with Crippen LogP contribution in [0.3, 0.4) is 0 Å². The van der Waals surface area contributed by atoms with Gasteiger partial charge in [0.1, 0.15) is 73.1 Å². The smallest absolute Gasteiger partial charge is 0.411 e. The molecule has 0 bridgehead atoms. The zero-order valence-corrected chi connectivity index (χ0v) is 47.3. The highest BCUT2D eigenvalue weighted by molar-refractivity contribution is 7.13. The number of carbonyl (C=O) groups excluding carboxylic acids is 2. The van der Waals surface area contributed by atoms with Gasteiger partial charge >= 0.3 is 24.1 Å². The van der Waals surface area contributed by atoms with Crippen molar-refractivity contribution in [1.82, 2.24) is 29.7 Å². The minimum absolute atomic E-state index is 0.00583. The van der Waals surface area contributed by atoms with Crippen LogP contribution in [0, 0.1) is 6.92 Å². The minimum atomic E-state index is -1.12. The van der Waals surface area contributed by atoms with Gasteiger partial charge in [-0.05, 0) is 90.6 Å². The number of hydrogen-bond acceptors (Lipinski definition) is 16. The normalized spacial score (nSPS) is 17.6. The highest BCUT2D eigenvalue weighted by Crippen LogP contribution is 2.41. The fourth-order valence-electron chi connectivity index (χ4n) is 8.00. The lowest BCUT2D eigenvalue weighted by atomic mass is 10.1. The molecule has 75 heavy (non-hydrogen) atoms. The number of aromatic nitrogens is 4. The van der Waals surface area contributed by atoms with Gasteiger partial charge in [0.05, 0.1) is 60.9 Å². The maximum atomic E-state index is 12.7. The molecule has 22 heteroatoms. The first-order valence-electron chi connectivity index (χ1n) is 24.1. The molecule has 0 unspecified atom stereocenters. The Balaban J connectivity index is 0.000000203.